The van der Waals surface area contributed by atoms with Gasteiger partial charge in [0.1, 0.15) is 18.1 Å². The fourth-order valence-electron chi connectivity index (χ4n) is 2.71. The van der Waals surface area contributed by atoms with Gasteiger partial charge in [0, 0.05) is 18.1 Å². The maximum atomic E-state index is 12.4. The summed E-state index contributed by atoms with van der Waals surface area (Å²) in [4.78, 5) is 20.8. The Balaban J connectivity index is 1.26. The molecule has 2 aromatic heterocycles. The second-order valence-electron chi connectivity index (χ2n) is 6.51. The van der Waals surface area contributed by atoms with Crippen LogP contribution in [0.25, 0.3) is 0 Å². The molecule has 4 rings (SSSR count). The molecule has 0 fully saturated rings. The number of ether oxygens (including phenoxy) is 1. The van der Waals surface area contributed by atoms with E-state index >= 15 is 0 Å². The summed E-state index contributed by atoms with van der Waals surface area (Å²) in [7, 11) is 0. The van der Waals surface area contributed by atoms with Crippen molar-refractivity contribution < 1.29 is 9.53 Å². The molecule has 2 N–H and O–H groups in total. The summed E-state index contributed by atoms with van der Waals surface area (Å²) in [6.07, 6.45) is 3.40. The first kappa shape index (κ1) is 19.6. The first-order chi connectivity index (χ1) is 14.8. The quantitative estimate of drug-likeness (QED) is 0.432. The van der Waals surface area contributed by atoms with Crippen molar-refractivity contribution >= 4 is 28.1 Å². The molecular formula is C23H20N4O2S. The van der Waals surface area contributed by atoms with Crippen molar-refractivity contribution in [2.24, 2.45) is 0 Å². The lowest BCUT2D eigenvalue weighted by Gasteiger charge is -2.08. The average Bonchev–Trinajstić information content (AvgIpc) is 3.27. The number of rotatable bonds is 8. The summed E-state index contributed by atoms with van der Waals surface area (Å²) in [5, 5.41) is 8.41. The van der Waals surface area contributed by atoms with Crippen molar-refractivity contribution in [3.8, 4) is 5.75 Å². The second kappa shape index (κ2) is 9.67. The molecule has 0 aliphatic rings. The van der Waals surface area contributed by atoms with Gasteiger partial charge in [0.2, 0.25) is 0 Å². The van der Waals surface area contributed by atoms with Crippen LogP contribution in [-0.4, -0.2) is 15.9 Å². The monoisotopic (exact) mass is 416 g/mol. The van der Waals surface area contributed by atoms with Gasteiger partial charge in [0.05, 0.1) is 11.9 Å². The molecule has 150 valence electrons. The van der Waals surface area contributed by atoms with E-state index in [9.17, 15) is 4.79 Å². The third kappa shape index (κ3) is 5.42. The molecule has 0 bridgehead atoms. The number of amides is 1. The zero-order valence-electron chi connectivity index (χ0n) is 16.1. The van der Waals surface area contributed by atoms with Crippen LogP contribution in [0.1, 0.15) is 21.6 Å². The number of pyridine rings is 1. The number of hydrogen-bond acceptors (Lipinski definition) is 6. The SMILES string of the molecule is O=C(NCc1ccc(OCc2ccccc2)cc1)c1csc(Nc2cccnc2)n1. The van der Waals surface area contributed by atoms with Gasteiger partial charge in [0.15, 0.2) is 5.13 Å². The van der Waals surface area contributed by atoms with Crippen LogP contribution >= 0.6 is 11.3 Å². The van der Waals surface area contributed by atoms with E-state index in [1.54, 1.807) is 17.8 Å². The molecule has 0 aliphatic heterocycles. The van der Waals surface area contributed by atoms with Crippen LogP contribution in [0.3, 0.4) is 0 Å². The Morgan fingerprint density at radius 2 is 1.80 bits per heavy atom. The van der Waals surface area contributed by atoms with Crippen molar-refractivity contribution in [2.45, 2.75) is 13.2 Å². The summed E-state index contributed by atoms with van der Waals surface area (Å²) in [6, 6.07) is 21.4. The van der Waals surface area contributed by atoms with Crippen molar-refractivity contribution in [1.82, 2.24) is 15.3 Å². The Labute approximate surface area is 178 Å². The lowest BCUT2D eigenvalue weighted by Crippen LogP contribution is -2.23. The van der Waals surface area contributed by atoms with Gasteiger partial charge >= 0.3 is 0 Å². The summed E-state index contributed by atoms with van der Waals surface area (Å²) >= 11 is 1.37. The minimum absolute atomic E-state index is 0.213. The Kier molecular flexibility index (Phi) is 6.31. The maximum absolute atomic E-state index is 12.4. The van der Waals surface area contributed by atoms with Crippen LogP contribution in [-0.2, 0) is 13.2 Å². The van der Waals surface area contributed by atoms with Gasteiger partial charge < -0.3 is 15.4 Å². The normalized spacial score (nSPS) is 10.4. The lowest BCUT2D eigenvalue weighted by atomic mass is 10.2. The number of nitrogens with one attached hydrogen (secondary N) is 2. The van der Waals surface area contributed by atoms with Gasteiger partial charge in [-0.15, -0.1) is 11.3 Å². The molecule has 0 saturated carbocycles. The fraction of sp³-hybridized carbons (Fsp3) is 0.0870. The number of carbonyl (C=O) groups excluding carboxylic acids is 1. The summed E-state index contributed by atoms with van der Waals surface area (Å²) in [5.41, 5.74) is 3.32. The van der Waals surface area contributed by atoms with E-state index in [0.717, 1.165) is 22.6 Å². The Morgan fingerprint density at radius 3 is 2.57 bits per heavy atom. The van der Waals surface area contributed by atoms with E-state index in [0.29, 0.717) is 24.0 Å². The van der Waals surface area contributed by atoms with Crippen LogP contribution in [0.2, 0.25) is 0 Å². The molecule has 4 aromatic rings. The smallest absolute Gasteiger partial charge is 0.271 e. The van der Waals surface area contributed by atoms with E-state index in [1.165, 1.54) is 11.3 Å². The molecule has 1 amide bonds. The number of aromatic nitrogens is 2. The highest BCUT2D eigenvalue weighted by Crippen LogP contribution is 2.20. The highest BCUT2D eigenvalue weighted by molar-refractivity contribution is 7.14. The Morgan fingerprint density at radius 1 is 0.967 bits per heavy atom. The van der Waals surface area contributed by atoms with Crippen LogP contribution in [0.5, 0.6) is 5.75 Å². The summed E-state index contributed by atoms with van der Waals surface area (Å²) < 4.78 is 5.79. The molecule has 0 unspecified atom stereocenters. The van der Waals surface area contributed by atoms with E-state index in [4.69, 9.17) is 4.74 Å². The molecule has 0 radical (unpaired) electrons. The van der Waals surface area contributed by atoms with Crippen molar-refractivity contribution in [3.05, 3.63) is 101 Å². The molecule has 0 aliphatic carbocycles. The average molecular weight is 417 g/mol. The van der Waals surface area contributed by atoms with Gasteiger partial charge in [-0.3, -0.25) is 9.78 Å². The van der Waals surface area contributed by atoms with Gasteiger partial charge in [-0.2, -0.15) is 0 Å². The molecular weight excluding hydrogens is 396 g/mol. The highest BCUT2D eigenvalue weighted by Gasteiger charge is 2.11. The van der Waals surface area contributed by atoms with E-state index in [1.807, 2.05) is 66.7 Å². The maximum Gasteiger partial charge on any atom is 0.271 e. The summed E-state index contributed by atoms with van der Waals surface area (Å²) in [6.45, 7) is 0.941. The van der Waals surface area contributed by atoms with Crippen LogP contribution in [0.4, 0.5) is 10.8 Å². The molecule has 2 aromatic carbocycles. The van der Waals surface area contributed by atoms with Crippen LogP contribution < -0.4 is 15.4 Å². The zero-order chi connectivity index (χ0) is 20.6. The Bertz CT molecular complexity index is 1080. The number of carbonyl (C=O) groups is 1. The minimum atomic E-state index is -0.213. The Hall–Kier alpha value is -3.71. The second-order valence-corrected chi connectivity index (χ2v) is 7.36. The molecule has 2 heterocycles. The predicted octanol–water partition coefficient (Wildman–Crippen LogP) is 4.79. The van der Waals surface area contributed by atoms with Crippen molar-refractivity contribution in [1.29, 1.82) is 0 Å². The number of anilines is 2. The largest absolute Gasteiger partial charge is 0.489 e. The predicted molar refractivity (Wildman–Crippen MR) is 118 cm³/mol. The van der Waals surface area contributed by atoms with E-state index in [-0.39, 0.29) is 5.91 Å². The van der Waals surface area contributed by atoms with E-state index in [2.05, 4.69) is 20.6 Å². The molecule has 0 atom stereocenters. The number of benzene rings is 2. The lowest BCUT2D eigenvalue weighted by molar-refractivity contribution is 0.0946. The standard InChI is InChI=1S/C23H20N4O2S/c28-22(21-16-30-23(27-21)26-19-7-4-12-24-14-19)25-13-17-8-10-20(11-9-17)29-15-18-5-2-1-3-6-18/h1-12,14,16H,13,15H2,(H,25,28)(H,26,27). The summed E-state index contributed by atoms with van der Waals surface area (Å²) in [5.74, 6) is 0.578. The topological polar surface area (TPSA) is 76.1 Å². The molecule has 0 saturated heterocycles. The molecule has 0 spiro atoms. The van der Waals surface area contributed by atoms with Gasteiger partial charge in [-0.25, -0.2) is 4.98 Å². The van der Waals surface area contributed by atoms with Gasteiger partial charge in [-0.1, -0.05) is 42.5 Å². The molecule has 30 heavy (non-hydrogen) atoms. The number of thiazole rings is 1. The first-order valence-corrected chi connectivity index (χ1v) is 10.3. The van der Waals surface area contributed by atoms with E-state index < -0.39 is 0 Å². The highest BCUT2D eigenvalue weighted by atomic mass is 32.1. The van der Waals surface area contributed by atoms with Crippen LogP contribution in [0, 0.1) is 0 Å². The number of hydrogen-bond donors (Lipinski definition) is 2. The minimum Gasteiger partial charge on any atom is -0.489 e. The number of nitrogens with zero attached hydrogens (tertiary/aromatic N) is 2. The van der Waals surface area contributed by atoms with Crippen molar-refractivity contribution in [3.63, 3.8) is 0 Å². The molecule has 6 nitrogen and oxygen atoms in total. The third-order valence-corrected chi connectivity index (χ3v) is 5.03. The fourth-order valence-corrected chi connectivity index (χ4v) is 3.42. The third-order valence-electron chi connectivity index (χ3n) is 4.27. The molecule has 7 heteroatoms. The van der Waals surface area contributed by atoms with Crippen LogP contribution in [0.15, 0.2) is 84.5 Å². The van der Waals surface area contributed by atoms with Gasteiger partial charge in [-0.05, 0) is 35.4 Å². The van der Waals surface area contributed by atoms with Crippen molar-refractivity contribution in [2.75, 3.05) is 5.32 Å². The zero-order valence-corrected chi connectivity index (χ0v) is 16.9. The van der Waals surface area contributed by atoms with Gasteiger partial charge in [0.25, 0.3) is 5.91 Å². The first-order valence-electron chi connectivity index (χ1n) is 9.43.